The molecule has 0 spiro atoms. The third-order valence-corrected chi connectivity index (χ3v) is 6.04. The molecule has 1 aliphatic carbocycles. The molecule has 1 N–H and O–H groups in total. The summed E-state index contributed by atoms with van der Waals surface area (Å²) >= 11 is 0. The molecule has 0 atom stereocenters. The van der Waals surface area contributed by atoms with Crippen LogP contribution in [0, 0.1) is 0 Å². The maximum Gasteiger partial charge on any atom is 0.516 e. The third-order valence-electron chi connectivity index (χ3n) is 6.04. The Bertz CT molecular complexity index is 839. The first-order valence-electron chi connectivity index (χ1n) is 11.0. The normalized spacial score (nSPS) is 13.0. The van der Waals surface area contributed by atoms with Crippen LogP contribution in [0.15, 0.2) is 48.5 Å². The van der Waals surface area contributed by atoms with E-state index in [1.54, 1.807) is 0 Å². The molecule has 0 unspecified atom stereocenters. The fourth-order valence-corrected chi connectivity index (χ4v) is 4.43. The fraction of sp³-hybridized carbons (Fsp3) is 0.440. The van der Waals surface area contributed by atoms with E-state index in [1.165, 1.54) is 11.1 Å². The van der Waals surface area contributed by atoms with E-state index in [-0.39, 0.29) is 23.6 Å². The maximum atomic E-state index is 13.3. The van der Waals surface area contributed by atoms with Crippen LogP contribution < -0.4 is 0 Å². The van der Waals surface area contributed by atoms with Gasteiger partial charge in [-0.15, -0.1) is 0 Å². The largest absolute Gasteiger partial charge is 0.516 e. The maximum absolute atomic E-state index is 13.3. The zero-order valence-electron chi connectivity index (χ0n) is 18.0. The van der Waals surface area contributed by atoms with Gasteiger partial charge in [0.25, 0.3) is 0 Å². The van der Waals surface area contributed by atoms with Crippen LogP contribution in [0.4, 0.5) is 4.79 Å². The number of hydrogen-bond donors (Lipinski definition) is 1. The summed E-state index contributed by atoms with van der Waals surface area (Å²) in [4.78, 5) is 24.9. The van der Waals surface area contributed by atoms with Crippen LogP contribution in [0.3, 0.4) is 0 Å². The molecule has 1 amide bonds. The van der Waals surface area contributed by atoms with Gasteiger partial charge in [0, 0.05) is 5.92 Å². The second kappa shape index (κ2) is 9.90. The standard InChI is InChI=1S/C25H31NO4/c1-3-5-15-26(16-6-4-2,17-24(27)28)25(29)30-18-23-21-13-9-7-11-19(21)20-12-8-10-14-22(20)23/h7-14,23H,3-6,15-18H2,1-2H3/p+1. The Morgan fingerprint density at radius 1 is 0.900 bits per heavy atom. The van der Waals surface area contributed by atoms with Crippen LogP contribution >= 0.6 is 0 Å². The first-order chi connectivity index (χ1) is 14.5. The Labute approximate surface area is 178 Å². The molecule has 2 aromatic carbocycles. The van der Waals surface area contributed by atoms with Crippen molar-refractivity contribution in [3.8, 4) is 11.1 Å². The van der Waals surface area contributed by atoms with Crippen molar-refractivity contribution in [2.45, 2.75) is 45.4 Å². The summed E-state index contributed by atoms with van der Waals surface area (Å²) in [6.45, 7) is 5.10. The number of ether oxygens (including phenoxy) is 1. The molecule has 2 aromatic rings. The summed E-state index contributed by atoms with van der Waals surface area (Å²) in [6, 6.07) is 16.4. The van der Waals surface area contributed by atoms with Gasteiger partial charge in [0.1, 0.15) is 6.61 Å². The van der Waals surface area contributed by atoms with E-state index in [9.17, 15) is 14.7 Å². The van der Waals surface area contributed by atoms with Crippen LogP contribution in [-0.4, -0.2) is 47.9 Å². The molecule has 0 saturated carbocycles. The minimum Gasteiger partial charge on any atom is -0.477 e. The second-order valence-electron chi connectivity index (χ2n) is 8.16. The first-order valence-corrected chi connectivity index (χ1v) is 11.0. The molecule has 1 aliphatic rings. The van der Waals surface area contributed by atoms with Crippen LogP contribution in [0.2, 0.25) is 0 Å². The minimum absolute atomic E-state index is 0.0228. The van der Waals surface area contributed by atoms with Crippen LogP contribution in [0.1, 0.15) is 56.6 Å². The highest BCUT2D eigenvalue weighted by molar-refractivity contribution is 5.79. The molecule has 0 bridgehead atoms. The van der Waals surface area contributed by atoms with Crippen LogP contribution in [0.25, 0.3) is 11.1 Å². The highest BCUT2D eigenvalue weighted by atomic mass is 16.6. The van der Waals surface area contributed by atoms with Crippen molar-refractivity contribution < 1.29 is 23.9 Å². The molecule has 0 saturated heterocycles. The van der Waals surface area contributed by atoms with E-state index in [0.29, 0.717) is 13.1 Å². The van der Waals surface area contributed by atoms with Crippen molar-refractivity contribution in [1.82, 2.24) is 0 Å². The van der Waals surface area contributed by atoms with Gasteiger partial charge < -0.3 is 9.84 Å². The monoisotopic (exact) mass is 410 g/mol. The van der Waals surface area contributed by atoms with Gasteiger partial charge in [-0.25, -0.2) is 9.28 Å². The number of carboxylic acid groups (broad SMARTS) is 1. The first kappa shape index (κ1) is 22.0. The molecule has 0 heterocycles. The van der Waals surface area contributed by atoms with Gasteiger partial charge in [-0.3, -0.25) is 0 Å². The van der Waals surface area contributed by atoms with Crippen molar-refractivity contribution in [1.29, 1.82) is 0 Å². The average Bonchev–Trinajstić information content (AvgIpc) is 3.07. The molecule has 5 heteroatoms. The Hall–Kier alpha value is -2.66. The summed E-state index contributed by atoms with van der Waals surface area (Å²) in [6.07, 6.45) is 2.98. The van der Waals surface area contributed by atoms with Crippen molar-refractivity contribution in [3.63, 3.8) is 0 Å². The summed E-state index contributed by atoms with van der Waals surface area (Å²) < 4.78 is 5.74. The number of carbonyl (C=O) groups excluding carboxylic acids is 1. The number of nitrogens with zero attached hydrogens (tertiary/aromatic N) is 1. The van der Waals surface area contributed by atoms with Crippen molar-refractivity contribution in [3.05, 3.63) is 59.7 Å². The van der Waals surface area contributed by atoms with Gasteiger partial charge in [-0.05, 0) is 35.1 Å². The Morgan fingerprint density at radius 2 is 1.40 bits per heavy atom. The van der Waals surface area contributed by atoms with E-state index in [0.717, 1.165) is 36.8 Å². The number of carbonyl (C=O) groups is 2. The molecule has 0 aliphatic heterocycles. The molecule has 160 valence electrons. The molecule has 0 radical (unpaired) electrons. The number of benzene rings is 2. The van der Waals surface area contributed by atoms with Gasteiger partial charge in [0.15, 0.2) is 6.54 Å². The van der Waals surface area contributed by atoms with E-state index < -0.39 is 12.1 Å². The number of carboxylic acids is 1. The number of fused-ring (bicyclic) bond motifs is 3. The lowest BCUT2D eigenvalue weighted by Gasteiger charge is -2.33. The highest BCUT2D eigenvalue weighted by Crippen LogP contribution is 2.44. The topological polar surface area (TPSA) is 63.6 Å². The van der Waals surface area contributed by atoms with Crippen molar-refractivity contribution in [2.24, 2.45) is 0 Å². The summed E-state index contributed by atoms with van der Waals surface area (Å²) in [5.74, 6) is -0.985. The molecule has 5 nitrogen and oxygen atoms in total. The lowest BCUT2D eigenvalue weighted by Crippen LogP contribution is -2.57. The molecule has 30 heavy (non-hydrogen) atoms. The molecular weight excluding hydrogens is 378 g/mol. The number of quaternary nitrogens is 1. The fourth-order valence-electron chi connectivity index (χ4n) is 4.43. The Morgan fingerprint density at radius 3 is 1.87 bits per heavy atom. The quantitative estimate of drug-likeness (QED) is 0.530. The number of unbranched alkanes of at least 4 members (excludes halogenated alkanes) is 2. The molecule has 0 fully saturated rings. The third kappa shape index (κ3) is 4.57. The number of rotatable bonds is 10. The highest BCUT2D eigenvalue weighted by Gasteiger charge is 2.41. The van der Waals surface area contributed by atoms with Gasteiger partial charge in [-0.1, -0.05) is 75.2 Å². The van der Waals surface area contributed by atoms with Crippen molar-refractivity contribution in [2.75, 3.05) is 26.2 Å². The molecule has 3 rings (SSSR count). The zero-order chi connectivity index (χ0) is 21.6. The van der Waals surface area contributed by atoms with E-state index in [4.69, 9.17) is 4.74 Å². The van der Waals surface area contributed by atoms with Crippen molar-refractivity contribution >= 4 is 12.1 Å². The lowest BCUT2D eigenvalue weighted by atomic mass is 9.98. The molecule has 0 aromatic heterocycles. The van der Waals surface area contributed by atoms with E-state index in [1.807, 2.05) is 38.1 Å². The predicted molar refractivity (Wildman–Crippen MR) is 117 cm³/mol. The summed E-state index contributed by atoms with van der Waals surface area (Å²) in [5, 5.41) is 9.51. The number of amides is 1. The van der Waals surface area contributed by atoms with E-state index in [2.05, 4.69) is 24.3 Å². The Balaban J connectivity index is 1.83. The predicted octanol–water partition coefficient (Wildman–Crippen LogP) is 5.44. The van der Waals surface area contributed by atoms with Gasteiger partial charge >= 0.3 is 12.1 Å². The summed E-state index contributed by atoms with van der Waals surface area (Å²) in [7, 11) is 0. The molecular formula is C25H32NO4+. The SMILES string of the molecule is CCCC[N+](CCCC)(CC(=O)O)C(=O)OCC1c2ccccc2-c2ccccc21. The van der Waals surface area contributed by atoms with E-state index >= 15 is 0 Å². The lowest BCUT2D eigenvalue weighted by molar-refractivity contribution is -0.851. The zero-order valence-corrected chi connectivity index (χ0v) is 18.0. The van der Waals surface area contributed by atoms with Crippen LogP contribution in [0.5, 0.6) is 0 Å². The smallest absolute Gasteiger partial charge is 0.477 e. The van der Waals surface area contributed by atoms with Crippen LogP contribution in [-0.2, 0) is 9.53 Å². The van der Waals surface area contributed by atoms with Gasteiger partial charge in [0.2, 0.25) is 0 Å². The number of aliphatic carboxylic acids is 1. The minimum atomic E-state index is -0.962. The number of hydrogen-bond acceptors (Lipinski definition) is 3. The van der Waals surface area contributed by atoms with Gasteiger partial charge in [-0.2, -0.15) is 4.79 Å². The second-order valence-corrected chi connectivity index (χ2v) is 8.16. The van der Waals surface area contributed by atoms with Gasteiger partial charge in [0.05, 0.1) is 13.1 Å². The Kier molecular flexibility index (Phi) is 7.27. The average molecular weight is 411 g/mol. The summed E-state index contributed by atoms with van der Waals surface area (Å²) in [5.41, 5.74) is 4.67.